The minimum atomic E-state index is 0.290. The predicted molar refractivity (Wildman–Crippen MR) is 75.5 cm³/mol. The molecule has 1 N–H and O–H groups in total. The van der Waals surface area contributed by atoms with Gasteiger partial charge in [-0.15, -0.1) is 0 Å². The highest BCUT2D eigenvalue weighted by atomic mass is 14.9. The van der Waals surface area contributed by atoms with Gasteiger partial charge in [-0.3, -0.25) is 4.98 Å². The van der Waals surface area contributed by atoms with Crippen LogP contribution in [-0.2, 0) is 6.42 Å². The van der Waals surface area contributed by atoms with E-state index in [9.17, 15) is 0 Å². The van der Waals surface area contributed by atoms with E-state index in [-0.39, 0.29) is 0 Å². The van der Waals surface area contributed by atoms with E-state index in [2.05, 4.69) is 60.5 Å². The van der Waals surface area contributed by atoms with Crippen molar-refractivity contribution in [1.82, 2.24) is 10.3 Å². The standard InChI is InChI=1S/C16H20N2/c1-3-17-15(12-14-9-5-4-6-10-14)16-13(2)8-7-11-18-16/h4-11,15,17H,3,12H2,1-2H3. The third-order valence-corrected chi connectivity index (χ3v) is 3.11. The van der Waals surface area contributed by atoms with Gasteiger partial charge in [-0.05, 0) is 37.1 Å². The van der Waals surface area contributed by atoms with Crippen molar-refractivity contribution in [1.29, 1.82) is 0 Å². The van der Waals surface area contributed by atoms with Crippen molar-refractivity contribution in [3.05, 3.63) is 65.5 Å². The van der Waals surface area contributed by atoms with Crippen LogP contribution in [0.4, 0.5) is 0 Å². The third kappa shape index (κ3) is 3.17. The van der Waals surface area contributed by atoms with Crippen molar-refractivity contribution in [2.45, 2.75) is 26.3 Å². The molecule has 2 heteroatoms. The van der Waals surface area contributed by atoms with E-state index in [0.29, 0.717) is 6.04 Å². The first-order valence-corrected chi connectivity index (χ1v) is 6.50. The summed E-state index contributed by atoms with van der Waals surface area (Å²) in [5.41, 5.74) is 3.75. The van der Waals surface area contributed by atoms with Crippen LogP contribution in [0.2, 0.25) is 0 Å². The average Bonchev–Trinajstić information content (AvgIpc) is 2.40. The molecule has 0 spiro atoms. The first-order valence-electron chi connectivity index (χ1n) is 6.50. The van der Waals surface area contributed by atoms with Crippen LogP contribution < -0.4 is 5.32 Å². The van der Waals surface area contributed by atoms with Crippen molar-refractivity contribution in [2.75, 3.05) is 6.54 Å². The maximum absolute atomic E-state index is 4.53. The fraction of sp³-hybridized carbons (Fsp3) is 0.312. The molecular weight excluding hydrogens is 220 g/mol. The highest BCUT2D eigenvalue weighted by Crippen LogP contribution is 2.19. The van der Waals surface area contributed by atoms with Crippen LogP contribution in [0.1, 0.15) is 29.8 Å². The fourth-order valence-electron chi connectivity index (χ4n) is 2.22. The summed E-state index contributed by atoms with van der Waals surface area (Å²) in [7, 11) is 0. The lowest BCUT2D eigenvalue weighted by atomic mass is 10.00. The third-order valence-electron chi connectivity index (χ3n) is 3.11. The summed E-state index contributed by atoms with van der Waals surface area (Å²) in [6.45, 7) is 5.21. The molecule has 18 heavy (non-hydrogen) atoms. The summed E-state index contributed by atoms with van der Waals surface area (Å²) < 4.78 is 0. The van der Waals surface area contributed by atoms with Gasteiger partial charge in [0.2, 0.25) is 0 Å². The second kappa shape index (κ2) is 6.31. The SMILES string of the molecule is CCNC(Cc1ccccc1)c1ncccc1C. The average molecular weight is 240 g/mol. The van der Waals surface area contributed by atoms with Gasteiger partial charge in [-0.25, -0.2) is 0 Å². The number of hydrogen-bond donors (Lipinski definition) is 1. The van der Waals surface area contributed by atoms with Crippen LogP contribution in [0.15, 0.2) is 48.7 Å². The molecule has 0 aliphatic carbocycles. The van der Waals surface area contributed by atoms with Crippen LogP contribution in [-0.4, -0.2) is 11.5 Å². The lowest BCUT2D eigenvalue weighted by molar-refractivity contribution is 0.534. The Kier molecular flexibility index (Phi) is 4.48. The molecular formula is C16H20N2. The Balaban J connectivity index is 2.21. The summed E-state index contributed by atoms with van der Waals surface area (Å²) in [5, 5.41) is 3.53. The molecule has 0 saturated carbocycles. The van der Waals surface area contributed by atoms with Gasteiger partial charge in [0.05, 0.1) is 11.7 Å². The Morgan fingerprint density at radius 3 is 2.56 bits per heavy atom. The van der Waals surface area contributed by atoms with E-state index >= 15 is 0 Å². The molecule has 0 aliphatic heterocycles. The van der Waals surface area contributed by atoms with Gasteiger partial charge in [0.25, 0.3) is 0 Å². The van der Waals surface area contributed by atoms with Crippen molar-refractivity contribution >= 4 is 0 Å². The van der Waals surface area contributed by atoms with E-state index in [1.807, 2.05) is 12.3 Å². The number of aryl methyl sites for hydroxylation is 1. The number of nitrogens with zero attached hydrogens (tertiary/aromatic N) is 1. The molecule has 0 fully saturated rings. The molecule has 0 radical (unpaired) electrons. The Labute approximate surface area is 109 Å². The molecule has 2 rings (SSSR count). The lowest BCUT2D eigenvalue weighted by Gasteiger charge is -2.19. The van der Waals surface area contributed by atoms with Gasteiger partial charge in [0.1, 0.15) is 0 Å². The van der Waals surface area contributed by atoms with Crippen LogP contribution in [0.5, 0.6) is 0 Å². The highest BCUT2D eigenvalue weighted by molar-refractivity contribution is 5.24. The van der Waals surface area contributed by atoms with E-state index in [4.69, 9.17) is 0 Å². The second-order valence-corrected chi connectivity index (χ2v) is 4.51. The van der Waals surface area contributed by atoms with Crippen LogP contribution in [0, 0.1) is 6.92 Å². The Morgan fingerprint density at radius 2 is 1.89 bits per heavy atom. The van der Waals surface area contributed by atoms with Gasteiger partial charge < -0.3 is 5.32 Å². The smallest absolute Gasteiger partial charge is 0.0605 e. The van der Waals surface area contributed by atoms with Crippen molar-refractivity contribution in [3.63, 3.8) is 0 Å². The summed E-state index contributed by atoms with van der Waals surface area (Å²) in [5.74, 6) is 0. The van der Waals surface area contributed by atoms with E-state index in [1.165, 1.54) is 11.1 Å². The normalized spacial score (nSPS) is 12.3. The Bertz CT molecular complexity index is 479. The Hall–Kier alpha value is -1.67. The molecule has 1 aromatic heterocycles. The molecule has 1 heterocycles. The summed E-state index contributed by atoms with van der Waals surface area (Å²) in [4.78, 5) is 4.53. The molecule has 1 atom stereocenters. The summed E-state index contributed by atoms with van der Waals surface area (Å²) in [6.07, 6.45) is 2.85. The molecule has 0 amide bonds. The van der Waals surface area contributed by atoms with Crippen molar-refractivity contribution in [3.8, 4) is 0 Å². The van der Waals surface area contributed by atoms with Gasteiger partial charge in [-0.1, -0.05) is 43.3 Å². The number of hydrogen-bond acceptors (Lipinski definition) is 2. The zero-order valence-electron chi connectivity index (χ0n) is 11.1. The van der Waals surface area contributed by atoms with Crippen LogP contribution in [0.25, 0.3) is 0 Å². The van der Waals surface area contributed by atoms with E-state index in [1.54, 1.807) is 0 Å². The number of benzene rings is 1. The van der Waals surface area contributed by atoms with E-state index < -0.39 is 0 Å². The minimum absolute atomic E-state index is 0.290. The molecule has 0 saturated heterocycles. The largest absolute Gasteiger partial charge is 0.309 e. The molecule has 2 aromatic rings. The van der Waals surface area contributed by atoms with Gasteiger partial charge in [-0.2, -0.15) is 0 Å². The molecule has 2 nitrogen and oxygen atoms in total. The highest BCUT2D eigenvalue weighted by Gasteiger charge is 2.14. The number of nitrogens with one attached hydrogen (secondary N) is 1. The van der Waals surface area contributed by atoms with Crippen molar-refractivity contribution < 1.29 is 0 Å². The maximum atomic E-state index is 4.53. The summed E-state index contributed by atoms with van der Waals surface area (Å²) >= 11 is 0. The zero-order chi connectivity index (χ0) is 12.8. The summed E-state index contributed by atoms with van der Waals surface area (Å²) in [6, 6.07) is 15.0. The van der Waals surface area contributed by atoms with Crippen LogP contribution in [0.3, 0.4) is 0 Å². The second-order valence-electron chi connectivity index (χ2n) is 4.51. The minimum Gasteiger partial charge on any atom is -0.309 e. The molecule has 1 aromatic carbocycles. The first-order chi connectivity index (χ1) is 8.81. The zero-order valence-corrected chi connectivity index (χ0v) is 11.1. The topological polar surface area (TPSA) is 24.9 Å². The van der Waals surface area contributed by atoms with E-state index in [0.717, 1.165) is 18.7 Å². The molecule has 1 unspecified atom stereocenters. The maximum Gasteiger partial charge on any atom is 0.0605 e. The quantitative estimate of drug-likeness (QED) is 0.867. The van der Waals surface area contributed by atoms with Gasteiger partial charge in [0.15, 0.2) is 0 Å². The Morgan fingerprint density at radius 1 is 1.11 bits per heavy atom. The van der Waals surface area contributed by atoms with Crippen LogP contribution >= 0.6 is 0 Å². The number of aromatic nitrogens is 1. The predicted octanol–water partition coefficient (Wildman–Crippen LogP) is 3.28. The van der Waals surface area contributed by atoms with Crippen molar-refractivity contribution in [2.24, 2.45) is 0 Å². The van der Waals surface area contributed by atoms with Gasteiger partial charge >= 0.3 is 0 Å². The fourth-order valence-corrected chi connectivity index (χ4v) is 2.22. The number of likely N-dealkylation sites (N-methyl/N-ethyl adjacent to an activating group) is 1. The lowest BCUT2D eigenvalue weighted by Crippen LogP contribution is -2.24. The number of rotatable bonds is 5. The molecule has 0 aliphatic rings. The first kappa shape index (κ1) is 12.8. The molecule has 0 bridgehead atoms. The molecule has 94 valence electrons. The van der Waals surface area contributed by atoms with Gasteiger partial charge in [0, 0.05) is 6.20 Å². The number of pyridine rings is 1. The monoisotopic (exact) mass is 240 g/mol.